The molecule has 3 rings (SSSR count). The van der Waals surface area contributed by atoms with Crippen molar-refractivity contribution in [2.75, 3.05) is 11.4 Å². The van der Waals surface area contributed by atoms with Gasteiger partial charge in [-0.05, 0) is 19.3 Å². The number of nitrogens with zero attached hydrogens (tertiary/aromatic N) is 2. The molecule has 1 aromatic rings. The fraction of sp³-hybridized carbons (Fsp3) is 0.444. The Morgan fingerprint density at radius 2 is 2.20 bits per heavy atom. The number of anilines is 1. The zero-order chi connectivity index (χ0) is 10.4. The van der Waals surface area contributed by atoms with Crippen molar-refractivity contribution < 1.29 is 9.59 Å². The van der Waals surface area contributed by atoms with E-state index in [9.17, 15) is 9.59 Å². The number of aryl methyl sites for hydroxylation is 2. The van der Waals surface area contributed by atoms with Gasteiger partial charge in [0.25, 0.3) is 5.91 Å². The summed E-state index contributed by atoms with van der Waals surface area (Å²) in [5, 5.41) is 3.01. The number of urea groups is 1. The van der Waals surface area contributed by atoms with Gasteiger partial charge in [-0.25, -0.2) is 14.7 Å². The fourth-order valence-electron chi connectivity index (χ4n) is 1.89. The minimum atomic E-state index is -0.354. The lowest BCUT2D eigenvalue weighted by Crippen LogP contribution is -2.30. The molecule has 6 heteroatoms. The SMILES string of the molecule is O=C1CNC(=O)N1c1nc2c(s1)CCC2. The number of nitrogens with one attached hydrogen (secondary N) is 1. The molecule has 1 N–H and O–H groups in total. The molecule has 0 saturated carbocycles. The molecule has 2 heterocycles. The summed E-state index contributed by atoms with van der Waals surface area (Å²) >= 11 is 1.46. The first kappa shape index (κ1) is 8.84. The fourth-order valence-corrected chi connectivity index (χ4v) is 3.05. The molecule has 78 valence electrons. The van der Waals surface area contributed by atoms with Gasteiger partial charge < -0.3 is 5.32 Å². The zero-order valence-corrected chi connectivity index (χ0v) is 8.76. The average molecular weight is 223 g/mol. The van der Waals surface area contributed by atoms with Gasteiger partial charge in [0.15, 0.2) is 0 Å². The molecule has 3 amide bonds. The van der Waals surface area contributed by atoms with E-state index in [4.69, 9.17) is 0 Å². The number of fused-ring (bicyclic) bond motifs is 1. The molecule has 15 heavy (non-hydrogen) atoms. The highest BCUT2D eigenvalue weighted by Gasteiger charge is 2.33. The molecule has 0 radical (unpaired) electrons. The Bertz CT molecular complexity index is 417. The van der Waals surface area contributed by atoms with E-state index in [0.29, 0.717) is 5.13 Å². The second-order valence-electron chi connectivity index (χ2n) is 3.61. The van der Waals surface area contributed by atoms with Crippen molar-refractivity contribution in [3.8, 4) is 0 Å². The number of hydrogen-bond donors (Lipinski definition) is 1. The van der Waals surface area contributed by atoms with E-state index in [1.165, 1.54) is 16.2 Å². The normalized spacial score (nSPS) is 19.6. The number of rotatable bonds is 1. The van der Waals surface area contributed by atoms with Crippen LogP contribution < -0.4 is 10.2 Å². The van der Waals surface area contributed by atoms with Crippen LogP contribution in [0.5, 0.6) is 0 Å². The second kappa shape index (κ2) is 3.03. The van der Waals surface area contributed by atoms with Crippen molar-refractivity contribution in [1.29, 1.82) is 0 Å². The quantitative estimate of drug-likeness (QED) is 0.712. The first-order valence-corrected chi connectivity index (χ1v) is 5.67. The molecule has 0 spiro atoms. The summed E-state index contributed by atoms with van der Waals surface area (Å²) in [6.45, 7) is 0.0864. The van der Waals surface area contributed by atoms with E-state index in [0.717, 1.165) is 29.9 Å². The summed E-state index contributed by atoms with van der Waals surface area (Å²) in [5.74, 6) is -0.215. The third-order valence-corrected chi connectivity index (χ3v) is 3.76. The van der Waals surface area contributed by atoms with Crippen LogP contribution in [0.3, 0.4) is 0 Å². The van der Waals surface area contributed by atoms with Gasteiger partial charge >= 0.3 is 6.03 Å². The first-order chi connectivity index (χ1) is 7.25. The van der Waals surface area contributed by atoms with Gasteiger partial charge in [-0.3, -0.25) is 4.79 Å². The number of hydrogen-bond acceptors (Lipinski definition) is 4. The third kappa shape index (κ3) is 1.25. The molecule has 1 aliphatic heterocycles. The summed E-state index contributed by atoms with van der Waals surface area (Å²) in [5.41, 5.74) is 1.06. The predicted molar refractivity (Wildman–Crippen MR) is 55.0 cm³/mol. The maximum atomic E-state index is 11.4. The zero-order valence-electron chi connectivity index (χ0n) is 7.95. The van der Waals surface area contributed by atoms with Crippen molar-refractivity contribution in [2.24, 2.45) is 0 Å². The Kier molecular flexibility index (Phi) is 1.79. The highest BCUT2D eigenvalue weighted by molar-refractivity contribution is 7.16. The van der Waals surface area contributed by atoms with Crippen LogP contribution in [0.1, 0.15) is 17.0 Å². The third-order valence-electron chi connectivity index (χ3n) is 2.62. The van der Waals surface area contributed by atoms with Gasteiger partial charge in [0, 0.05) is 4.88 Å². The van der Waals surface area contributed by atoms with Crippen LogP contribution in [0.2, 0.25) is 0 Å². The topological polar surface area (TPSA) is 62.3 Å². The number of thiazole rings is 1. The van der Waals surface area contributed by atoms with Crippen molar-refractivity contribution in [1.82, 2.24) is 10.3 Å². The number of imide groups is 1. The lowest BCUT2D eigenvalue weighted by atomic mass is 10.4. The van der Waals surface area contributed by atoms with Crippen LogP contribution in [0.15, 0.2) is 0 Å². The van der Waals surface area contributed by atoms with Crippen LogP contribution in [-0.2, 0) is 17.6 Å². The van der Waals surface area contributed by atoms with Gasteiger partial charge in [-0.2, -0.15) is 0 Å². The number of aromatic nitrogens is 1. The Hall–Kier alpha value is -1.43. The minimum absolute atomic E-state index is 0.0864. The van der Waals surface area contributed by atoms with Crippen molar-refractivity contribution in [3.05, 3.63) is 10.6 Å². The number of amides is 3. The van der Waals surface area contributed by atoms with Gasteiger partial charge in [-0.1, -0.05) is 0 Å². The van der Waals surface area contributed by atoms with Gasteiger partial charge in [0.2, 0.25) is 5.13 Å². The van der Waals surface area contributed by atoms with Crippen LogP contribution in [0.4, 0.5) is 9.93 Å². The van der Waals surface area contributed by atoms with E-state index in [2.05, 4.69) is 10.3 Å². The highest BCUT2D eigenvalue weighted by atomic mass is 32.1. The van der Waals surface area contributed by atoms with E-state index >= 15 is 0 Å². The van der Waals surface area contributed by atoms with E-state index in [1.54, 1.807) is 0 Å². The number of carbonyl (C=O) groups is 2. The first-order valence-electron chi connectivity index (χ1n) is 4.85. The Balaban J connectivity index is 1.98. The van der Waals surface area contributed by atoms with Gasteiger partial charge in [0.1, 0.15) is 0 Å². The van der Waals surface area contributed by atoms with Crippen molar-refractivity contribution in [2.45, 2.75) is 19.3 Å². The smallest absolute Gasteiger partial charge is 0.328 e. The standard InChI is InChI=1S/C9H9N3O2S/c13-7-4-10-8(14)12(7)9-11-5-2-1-3-6(5)15-9/h1-4H2,(H,10,14). The Morgan fingerprint density at radius 3 is 2.87 bits per heavy atom. The summed E-state index contributed by atoms with van der Waals surface area (Å²) in [6.07, 6.45) is 3.13. The van der Waals surface area contributed by atoms with Gasteiger partial charge in [-0.15, -0.1) is 11.3 Å². The molecule has 1 aliphatic carbocycles. The largest absolute Gasteiger partial charge is 0.331 e. The molecular formula is C9H9N3O2S. The van der Waals surface area contributed by atoms with E-state index in [1.807, 2.05) is 0 Å². The lowest BCUT2D eigenvalue weighted by molar-refractivity contribution is -0.115. The molecule has 0 unspecified atom stereocenters. The van der Waals surface area contributed by atoms with Crippen LogP contribution in [0, 0.1) is 0 Å². The summed E-state index contributed by atoms with van der Waals surface area (Å²) < 4.78 is 0. The molecule has 2 aliphatic rings. The summed E-state index contributed by atoms with van der Waals surface area (Å²) in [7, 11) is 0. The molecular weight excluding hydrogens is 214 g/mol. The highest BCUT2D eigenvalue weighted by Crippen LogP contribution is 2.33. The molecule has 0 atom stereocenters. The summed E-state index contributed by atoms with van der Waals surface area (Å²) in [6, 6.07) is -0.354. The molecule has 0 bridgehead atoms. The van der Waals surface area contributed by atoms with Crippen LogP contribution >= 0.6 is 11.3 Å². The molecule has 5 nitrogen and oxygen atoms in total. The molecule has 1 saturated heterocycles. The molecule has 1 fully saturated rings. The maximum Gasteiger partial charge on any atom is 0.331 e. The Labute approximate surface area is 90.1 Å². The van der Waals surface area contributed by atoms with Crippen LogP contribution in [-0.4, -0.2) is 23.5 Å². The van der Waals surface area contributed by atoms with Gasteiger partial charge in [0.05, 0.1) is 12.2 Å². The Morgan fingerprint density at radius 1 is 1.33 bits per heavy atom. The van der Waals surface area contributed by atoms with Crippen molar-refractivity contribution >= 4 is 28.4 Å². The van der Waals surface area contributed by atoms with Crippen LogP contribution in [0.25, 0.3) is 0 Å². The molecule has 0 aromatic carbocycles. The number of carbonyl (C=O) groups excluding carboxylic acids is 2. The van der Waals surface area contributed by atoms with Crippen molar-refractivity contribution in [3.63, 3.8) is 0 Å². The minimum Gasteiger partial charge on any atom is -0.328 e. The second-order valence-corrected chi connectivity index (χ2v) is 4.67. The maximum absolute atomic E-state index is 11.4. The monoisotopic (exact) mass is 223 g/mol. The lowest BCUT2D eigenvalue weighted by Gasteiger charge is -2.06. The molecule has 1 aromatic heterocycles. The summed E-state index contributed by atoms with van der Waals surface area (Å²) in [4.78, 5) is 29.5. The van der Waals surface area contributed by atoms with E-state index < -0.39 is 0 Å². The van der Waals surface area contributed by atoms with E-state index in [-0.39, 0.29) is 18.5 Å². The predicted octanol–water partition coefficient (Wildman–Crippen LogP) is 0.688. The average Bonchev–Trinajstić information content (AvgIpc) is 2.80.